The van der Waals surface area contributed by atoms with Gasteiger partial charge in [0.05, 0.1) is 6.54 Å². The highest BCUT2D eigenvalue weighted by molar-refractivity contribution is 5.74. The SMILES string of the molecule is CC(=O)N1CC(F)(F)CC1C. The van der Waals surface area contributed by atoms with Crippen molar-refractivity contribution in [1.29, 1.82) is 0 Å². The van der Waals surface area contributed by atoms with E-state index in [1.165, 1.54) is 11.8 Å². The number of likely N-dealkylation sites (tertiary alicyclic amines) is 1. The van der Waals surface area contributed by atoms with Gasteiger partial charge in [-0.2, -0.15) is 0 Å². The van der Waals surface area contributed by atoms with Crippen molar-refractivity contribution in [2.45, 2.75) is 32.2 Å². The molecule has 0 spiro atoms. The second-order valence-corrected chi connectivity index (χ2v) is 3.06. The fraction of sp³-hybridized carbons (Fsp3) is 0.857. The number of rotatable bonds is 0. The van der Waals surface area contributed by atoms with Gasteiger partial charge in [-0.15, -0.1) is 0 Å². The van der Waals surface area contributed by atoms with Crippen molar-refractivity contribution in [3.63, 3.8) is 0 Å². The maximum atomic E-state index is 12.6. The molecular weight excluding hydrogens is 152 g/mol. The van der Waals surface area contributed by atoms with Crippen LogP contribution >= 0.6 is 0 Å². The zero-order valence-corrected chi connectivity index (χ0v) is 6.60. The molecule has 0 N–H and O–H groups in total. The van der Waals surface area contributed by atoms with Crippen LogP contribution in [-0.4, -0.2) is 29.3 Å². The van der Waals surface area contributed by atoms with Gasteiger partial charge in [0.15, 0.2) is 0 Å². The van der Waals surface area contributed by atoms with Gasteiger partial charge in [0.25, 0.3) is 5.92 Å². The minimum atomic E-state index is -2.68. The topological polar surface area (TPSA) is 20.3 Å². The van der Waals surface area contributed by atoms with E-state index >= 15 is 0 Å². The normalized spacial score (nSPS) is 29.1. The molecule has 1 aliphatic rings. The van der Waals surface area contributed by atoms with Crippen molar-refractivity contribution in [3.05, 3.63) is 0 Å². The summed E-state index contributed by atoms with van der Waals surface area (Å²) in [5.41, 5.74) is 0. The molecule has 0 bridgehead atoms. The van der Waals surface area contributed by atoms with Gasteiger partial charge in [-0.3, -0.25) is 4.79 Å². The summed E-state index contributed by atoms with van der Waals surface area (Å²) in [6, 6.07) is -0.317. The van der Waals surface area contributed by atoms with E-state index in [-0.39, 0.29) is 18.4 Å². The Hall–Kier alpha value is -0.670. The molecule has 1 atom stereocenters. The average molecular weight is 163 g/mol. The lowest BCUT2D eigenvalue weighted by Gasteiger charge is -2.17. The molecule has 1 amide bonds. The Morgan fingerprint density at radius 3 is 2.36 bits per heavy atom. The number of hydrogen-bond acceptors (Lipinski definition) is 1. The molecule has 1 heterocycles. The standard InChI is InChI=1S/C7H11F2NO/c1-5-3-7(8,9)4-10(5)6(2)11/h5H,3-4H2,1-2H3. The molecule has 0 saturated carbocycles. The maximum Gasteiger partial charge on any atom is 0.267 e. The minimum absolute atomic E-state index is 0.202. The number of halogens is 2. The summed E-state index contributed by atoms with van der Waals surface area (Å²) in [5, 5.41) is 0. The molecular formula is C7H11F2NO. The monoisotopic (exact) mass is 163 g/mol. The molecule has 0 aromatic heterocycles. The first-order chi connectivity index (χ1) is 4.92. The molecule has 0 radical (unpaired) electrons. The maximum absolute atomic E-state index is 12.6. The van der Waals surface area contributed by atoms with E-state index in [2.05, 4.69) is 0 Å². The number of hydrogen-bond donors (Lipinski definition) is 0. The smallest absolute Gasteiger partial charge is 0.267 e. The zero-order valence-electron chi connectivity index (χ0n) is 6.60. The largest absolute Gasteiger partial charge is 0.334 e. The lowest BCUT2D eigenvalue weighted by molar-refractivity contribution is -0.130. The van der Waals surface area contributed by atoms with Crippen LogP contribution in [0, 0.1) is 0 Å². The number of carbonyl (C=O) groups excluding carboxylic acids is 1. The molecule has 1 rings (SSSR count). The Bertz CT molecular complexity index is 181. The Balaban J connectivity index is 2.66. The first-order valence-electron chi connectivity index (χ1n) is 3.57. The van der Waals surface area contributed by atoms with Crippen LogP contribution < -0.4 is 0 Å². The Kier molecular flexibility index (Phi) is 1.86. The Labute approximate surface area is 64.2 Å². The van der Waals surface area contributed by atoms with Gasteiger partial charge in [0.2, 0.25) is 5.91 Å². The van der Waals surface area contributed by atoms with Crippen molar-refractivity contribution >= 4 is 5.91 Å². The van der Waals surface area contributed by atoms with Crippen LogP contribution in [0.15, 0.2) is 0 Å². The van der Waals surface area contributed by atoms with Crippen LogP contribution in [0.3, 0.4) is 0 Å². The summed E-state index contributed by atoms with van der Waals surface area (Å²) in [4.78, 5) is 11.9. The summed E-state index contributed by atoms with van der Waals surface area (Å²) >= 11 is 0. The van der Waals surface area contributed by atoms with Crippen molar-refractivity contribution in [1.82, 2.24) is 4.90 Å². The highest BCUT2D eigenvalue weighted by atomic mass is 19.3. The number of nitrogens with zero attached hydrogens (tertiary/aromatic N) is 1. The predicted molar refractivity (Wildman–Crippen MR) is 36.4 cm³/mol. The number of carbonyl (C=O) groups is 1. The third-order valence-corrected chi connectivity index (χ3v) is 1.93. The van der Waals surface area contributed by atoms with E-state index in [1.54, 1.807) is 6.92 Å². The van der Waals surface area contributed by atoms with Gasteiger partial charge in [0.1, 0.15) is 0 Å². The van der Waals surface area contributed by atoms with Gasteiger partial charge in [0, 0.05) is 19.4 Å². The summed E-state index contributed by atoms with van der Waals surface area (Å²) in [6.07, 6.45) is -0.202. The second-order valence-electron chi connectivity index (χ2n) is 3.06. The molecule has 64 valence electrons. The second kappa shape index (κ2) is 2.43. The lowest BCUT2D eigenvalue weighted by atomic mass is 10.2. The molecule has 1 fully saturated rings. The molecule has 1 unspecified atom stereocenters. The van der Waals surface area contributed by atoms with Gasteiger partial charge >= 0.3 is 0 Å². The van der Waals surface area contributed by atoms with Crippen molar-refractivity contribution in [2.75, 3.05) is 6.54 Å². The first-order valence-corrected chi connectivity index (χ1v) is 3.57. The first kappa shape index (κ1) is 8.43. The van der Waals surface area contributed by atoms with E-state index in [0.29, 0.717) is 0 Å². The van der Waals surface area contributed by atoms with Crippen molar-refractivity contribution < 1.29 is 13.6 Å². The highest BCUT2D eigenvalue weighted by Crippen LogP contribution is 2.31. The molecule has 0 aromatic carbocycles. The van der Waals surface area contributed by atoms with Gasteiger partial charge < -0.3 is 4.90 Å². The summed E-state index contributed by atoms with van der Waals surface area (Å²) in [5.74, 6) is -2.94. The van der Waals surface area contributed by atoms with E-state index in [4.69, 9.17) is 0 Å². The Morgan fingerprint density at radius 2 is 2.18 bits per heavy atom. The van der Waals surface area contributed by atoms with Crippen LogP contribution in [0.5, 0.6) is 0 Å². The molecule has 4 heteroatoms. The van der Waals surface area contributed by atoms with E-state index in [1.807, 2.05) is 0 Å². The third kappa shape index (κ3) is 1.67. The lowest BCUT2D eigenvalue weighted by Crippen LogP contribution is -2.33. The van der Waals surface area contributed by atoms with E-state index in [0.717, 1.165) is 0 Å². The molecule has 1 saturated heterocycles. The Morgan fingerprint density at radius 1 is 1.64 bits per heavy atom. The summed E-state index contributed by atoms with van der Waals surface area (Å²) < 4.78 is 25.2. The number of alkyl halides is 2. The molecule has 1 aliphatic heterocycles. The fourth-order valence-electron chi connectivity index (χ4n) is 1.43. The fourth-order valence-corrected chi connectivity index (χ4v) is 1.43. The third-order valence-electron chi connectivity index (χ3n) is 1.93. The van der Waals surface area contributed by atoms with Crippen molar-refractivity contribution in [2.24, 2.45) is 0 Å². The number of amides is 1. The van der Waals surface area contributed by atoms with Gasteiger partial charge in [-0.1, -0.05) is 0 Å². The molecule has 2 nitrogen and oxygen atoms in total. The molecule has 0 aliphatic carbocycles. The molecule has 0 aromatic rings. The highest BCUT2D eigenvalue weighted by Gasteiger charge is 2.43. The van der Waals surface area contributed by atoms with Crippen LogP contribution in [-0.2, 0) is 4.79 Å². The van der Waals surface area contributed by atoms with Gasteiger partial charge in [-0.05, 0) is 6.92 Å². The summed E-state index contributed by atoms with van der Waals surface area (Å²) in [6.45, 7) is 2.55. The van der Waals surface area contributed by atoms with Crippen LogP contribution in [0.2, 0.25) is 0 Å². The summed E-state index contributed by atoms with van der Waals surface area (Å²) in [7, 11) is 0. The molecule has 11 heavy (non-hydrogen) atoms. The quantitative estimate of drug-likeness (QED) is 0.526. The average Bonchev–Trinajstić information content (AvgIpc) is 2.05. The van der Waals surface area contributed by atoms with Gasteiger partial charge in [-0.25, -0.2) is 8.78 Å². The van der Waals surface area contributed by atoms with E-state index in [9.17, 15) is 13.6 Å². The van der Waals surface area contributed by atoms with Crippen LogP contribution in [0.1, 0.15) is 20.3 Å². The van der Waals surface area contributed by atoms with Crippen LogP contribution in [0.4, 0.5) is 8.78 Å². The van der Waals surface area contributed by atoms with Crippen LogP contribution in [0.25, 0.3) is 0 Å². The van der Waals surface area contributed by atoms with E-state index < -0.39 is 12.5 Å². The minimum Gasteiger partial charge on any atom is -0.334 e. The predicted octanol–water partition coefficient (Wildman–Crippen LogP) is 1.26. The zero-order chi connectivity index (χ0) is 8.65. The van der Waals surface area contributed by atoms with Crippen molar-refractivity contribution in [3.8, 4) is 0 Å².